The van der Waals surface area contributed by atoms with Crippen LogP contribution in [0.5, 0.6) is 0 Å². The van der Waals surface area contributed by atoms with E-state index in [0.717, 1.165) is 17.6 Å². The molecule has 0 atom stereocenters. The number of carbonyl (C=O) groups excluding carboxylic acids is 2. The van der Waals surface area contributed by atoms with Gasteiger partial charge in [-0.2, -0.15) is 0 Å². The molecule has 0 aliphatic carbocycles. The Kier molecular flexibility index (Phi) is 6.89. The normalized spacial score (nSPS) is 11.5. The number of carboxylic acids is 1. The van der Waals surface area contributed by atoms with Gasteiger partial charge in [0, 0.05) is 18.6 Å². The second-order valence-corrected chi connectivity index (χ2v) is 4.54. The molecule has 0 amide bonds. The van der Waals surface area contributed by atoms with E-state index >= 15 is 0 Å². The average molecular weight is 258 g/mol. The van der Waals surface area contributed by atoms with Crippen LogP contribution in [0.3, 0.4) is 0 Å². The molecule has 0 rings (SSSR count). The zero-order valence-electron chi connectivity index (χ0n) is 11.0. The molecule has 18 heavy (non-hydrogen) atoms. The molecular formula is C12H20NO5+. The molecule has 0 fully saturated rings. The van der Waals surface area contributed by atoms with Gasteiger partial charge in [-0.05, 0) is 6.92 Å². The van der Waals surface area contributed by atoms with E-state index in [2.05, 4.69) is 11.7 Å². The number of aliphatic carboxylic acids is 1. The molecule has 0 aromatic rings. The summed E-state index contributed by atoms with van der Waals surface area (Å²) in [5.41, 5.74) is 0. The van der Waals surface area contributed by atoms with E-state index in [4.69, 9.17) is 5.11 Å². The maximum absolute atomic E-state index is 11.2. The summed E-state index contributed by atoms with van der Waals surface area (Å²) in [5, 5.41) is 8.27. The molecule has 1 N–H and O–H groups in total. The smallest absolute Gasteiger partial charge is 0.338 e. The predicted molar refractivity (Wildman–Crippen MR) is 64.6 cm³/mol. The summed E-state index contributed by atoms with van der Waals surface area (Å²) >= 11 is 0. The van der Waals surface area contributed by atoms with Gasteiger partial charge in [0.2, 0.25) is 0 Å². The second kappa shape index (κ2) is 7.60. The fraction of sp³-hybridized carbons (Fsp3) is 0.583. The van der Waals surface area contributed by atoms with Crippen molar-refractivity contribution >= 4 is 17.9 Å². The molecular weight excluding hydrogens is 238 g/mol. The highest BCUT2D eigenvalue weighted by atomic mass is 16.6. The monoisotopic (exact) mass is 258 g/mol. The van der Waals surface area contributed by atoms with Gasteiger partial charge in [-0.15, -0.1) is 0 Å². The summed E-state index contributed by atoms with van der Waals surface area (Å²) in [6.07, 6.45) is 2.11. The molecule has 6 heteroatoms. The molecule has 0 aliphatic heterocycles. The molecule has 102 valence electrons. The highest BCUT2D eigenvalue weighted by Gasteiger charge is 2.14. The number of carboxylic acid groups (broad SMARTS) is 1. The molecule has 0 saturated carbocycles. The van der Waals surface area contributed by atoms with Crippen LogP contribution in [0.2, 0.25) is 0 Å². The zero-order valence-corrected chi connectivity index (χ0v) is 11.0. The lowest BCUT2D eigenvalue weighted by atomic mass is 10.3. The quantitative estimate of drug-likeness (QED) is 0.312. The van der Waals surface area contributed by atoms with Gasteiger partial charge in [-0.25, -0.2) is 9.59 Å². The van der Waals surface area contributed by atoms with Crippen molar-refractivity contribution in [3.05, 3.63) is 12.2 Å². The molecule has 0 aromatic carbocycles. The second-order valence-electron chi connectivity index (χ2n) is 4.54. The fourth-order valence-electron chi connectivity index (χ4n) is 1.15. The van der Waals surface area contributed by atoms with Crippen LogP contribution in [0.25, 0.3) is 0 Å². The Bertz CT molecular complexity index is 346. The number of hydrogen-bond acceptors (Lipinski definition) is 4. The minimum absolute atomic E-state index is 0.147. The van der Waals surface area contributed by atoms with Gasteiger partial charge in [0.15, 0.2) is 0 Å². The molecule has 0 radical (unpaired) electrons. The molecule has 0 aliphatic rings. The molecule has 0 aromatic heterocycles. The van der Waals surface area contributed by atoms with Crippen LogP contribution in [-0.4, -0.2) is 54.7 Å². The minimum atomic E-state index is -1.26. The van der Waals surface area contributed by atoms with Crippen molar-refractivity contribution in [2.24, 2.45) is 0 Å². The van der Waals surface area contributed by atoms with Crippen molar-refractivity contribution in [3.63, 3.8) is 0 Å². The van der Waals surface area contributed by atoms with Gasteiger partial charge in [-0.3, -0.25) is 4.79 Å². The third kappa shape index (κ3) is 8.46. The Morgan fingerprint density at radius 2 is 1.83 bits per heavy atom. The van der Waals surface area contributed by atoms with Crippen LogP contribution in [0, 0.1) is 0 Å². The molecule has 0 heterocycles. The first-order valence-electron chi connectivity index (χ1n) is 5.74. The lowest BCUT2D eigenvalue weighted by Crippen LogP contribution is -2.40. The van der Waals surface area contributed by atoms with Crippen molar-refractivity contribution in [2.75, 3.05) is 27.2 Å². The largest absolute Gasteiger partial charge is 0.478 e. The first kappa shape index (κ1) is 16.3. The molecule has 0 spiro atoms. The van der Waals surface area contributed by atoms with Crippen LogP contribution in [-0.2, 0) is 19.1 Å². The highest BCUT2D eigenvalue weighted by Crippen LogP contribution is 2.02. The SMILES string of the molecule is CC[N+](C)(C)CCCC(=O)OC(=O)/C=C/C(=O)O. The summed E-state index contributed by atoms with van der Waals surface area (Å²) in [4.78, 5) is 32.3. The maximum atomic E-state index is 11.2. The van der Waals surface area contributed by atoms with Gasteiger partial charge >= 0.3 is 17.9 Å². The Morgan fingerprint density at radius 3 is 2.33 bits per heavy atom. The Labute approximate surface area is 106 Å². The number of ether oxygens (including phenoxy) is 1. The van der Waals surface area contributed by atoms with E-state index in [1.165, 1.54) is 0 Å². The maximum Gasteiger partial charge on any atom is 0.338 e. The molecule has 0 bridgehead atoms. The van der Waals surface area contributed by atoms with Crippen LogP contribution in [0.15, 0.2) is 12.2 Å². The molecule has 6 nitrogen and oxygen atoms in total. The lowest BCUT2D eigenvalue weighted by molar-refractivity contribution is -0.888. The van der Waals surface area contributed by atoms with E-state index in [1.54, 1.807) is 0 Å². The molecule has 0 unspecified atom stereocenters. The summed E-state index contributed by atoms with van der Waals surface area (Å²) < 4.78 is 5.21. The Balaban J connectivity index is 3.92. The van der Waals surface area contributed by atoms with E-state index in [0.29, 0.717) is 18.6 Å². The first-order chi connectivity index (χ1) is 8.26. The number of carbonyl (C=O) groups is 3. The van der Waals surface area contributed by atoms with Crippen molar-refractivity contribution in [3.8, 4) is 0 Å². The van der Waals surface area contributed by atoms with E-state index in [1.807, 2.05) is 14.1 Å². The zero-order chi connectivity index (χ0) is 14.2. The standard InChI is InChI=1S/C12H19NO5/c1-4-13(2,3)9-5-6-11(16)18-12(17)8-7-10(14)15/h7-8H,4-6,9H2,1-3H3/p+1/b8-7+. The summed E-state index contributed by atoms with van der Waals surface area (Å²) in [6, 6.07) is 0. The third-order valence-electron chi connectivity index (χ3n) is 2.58. The summed E-state index contributed by atoms with van der Waals surface area (Å²) in [6.45, 7) is 3.82. The van der Waals surface area contributed by atoms with E-state index in [9.17, 15) is 14.4 Å². The predicted octanol–water partition coefficient (Wildman–Crippen LogP) is 0.573. The van der Waals surface area contributed by atoms with E-state index in [-0.39, 0.29) is 6.42 Å². The van der Waals surface area contributed by atoms with Crippen molar-refractivity contribution in [1.82, 2.24) is 0 Å². The average Bonchev–Trinajstić information content (AvgIpc) is 2.26. The Hall–Kier alpha value is -1.69. The van der Waals surface area contributed by atoms with Crippen molar-refractivity contribution in [2.45, 2.75) is 19.8 Å². The summed E-state index contributed by atoms with van der Waals surface area (Å²) in [5.74, 6) is -2.85. The highest BCUT2D eigenvalue weighted by molar-refractivity contribution is 5.95. The number of rotatable bonds is 7. The number of nitrogens with zero attached hydrogens (tertiary/aromatic N) is 1. The van der Waals surface area contributed by atoms with Gasteiger partial charge in [0.1, 0.15) is 0 Å². The first-order valence-corrected chi connectivity index (χ1v) is 5.74. The number of quaternary nitrogens is 1. The van der Waals surface area contributed by atoms with Crippen LogP contribution < -0.4 is 0 Å². The lowest BCUT2D eigenvalue weighted by Gasteiger charge is -2.27. The van der Waals surface area contributed by atoms with Crippen LogP contribution in [0.4, 0.5) is 0 Å². The molecule has 0 saturated heterocycles. The minimum Gasteiger partial charge on any atom is -0.478 e. The topological polar surface area (TPSA) is 80.7 Å². The van der Waals surface area contributed by atoms with Crippen LogP contribution in [0.1, 0.15) is 19.8 Å². The van der Waals surface area contributed by atoms with Crippen molar-refractivity contribution < 1.29 is 28.7 Å². The van der Waals surface area contributed by atoms with Gasteiger partial charge in [-0.1, -0.05) is 0 Å². The van der Waals surface area contributed by atoms with Crippen LogP contribution >= 0.6 is 0 Å². The third-order valence-corrected chi connectivity index (χ3v) is 2.58. The fourth-order valence-corrected chi connectivity index (χ4v) is 1.15. The van der Waals surface area contributed by atoms with Gasteiger partial charge in [0.05, 0.1) is 33.6 Å². The van der Waals surface area contributed by atoms with Crippen molar-refractivity contribution in [1.29, 1.82) is 0 Å². The number of hydrogen-bond donors (Lipinski definition) is 1. The summed E-state index contributed by atoms with van der Waals surface area (Å²) in [7, 11) is 4.10. The number of esters is 2. The van der Waals surface area contributed by atoms with Gasteiger partial charge in [0.25, 0.3) is 0 Å². The Morgan fingerprint density at radius 1 is 1.22 bits per heavy atom. The van der Waals surface area contributed by atoms with Gasteiger partial charge < -0.3 is 14.3 Å². The van der Waals surface area contributed by atoms with E-state index < -0.39 is 17.9 Å².